The summed E-state index contributed by atoms with van der Waals surface area (Å²) in [6.07, 6.45) is 3.45. The van der Waals surface area contributed by atoms with Crippen LogP contribution in [-0.4, -0.2) is 52.3 Å². The van der Waals surface area contributed by atoms with Gasteiger partial charge in [-0.3, -0.25) is 4.90 Å². The van der Waals surface area contributed by atoms with Crippen molar-refractivity contribution in [1.29, 1.82) is 0 Å². The Morgan fingerprint density at radius 2 is 2.04 bits per heavy atom. The Labute approximate surface area is 154 Å². The molecule has 1 aromatic carbocycles. The molecule has 6 heteroatoms. The van der Waals surface area contributed by atoms with E-state index in [-0.39, 0.29) is 18.5 Å². The molecule has 1 aliphatic rings. The van der Waals surface area contributed by atoms with Crippen LogP contribution in [-0.2, 0) is 13.0 Å². The Kier molecular flexibility index (Phi) is 6.16. The number of aliphatic hydroxyl groups is 1. The van der Waals surface area contributed by atoms with Gasteiger partial charge in [0.2, 0.25) is 0 Å². The first kappa shape index (κ1) is 18.7. The summed E-state index contributed by atoms with van der Waals surface area (Å²) in [6, 6.07) is 7.08. The number of aryl methyl sites for hydroxylation is 2. The van der Waals surface area contributed by atoms with Gasteiger partial charge in [-0.05, 0) is 25.8 Å². The van der Waals surface area contributed by atoms with Crippen molar-refractivity contribution in [3.63, 3.8) is 0 Å². The summed E-state index contributed by atoms with van der Waals surface area (Å²) in [6.45, 7) is 7.12. The SMILES string of the molecule is CCc1cnc(C)nc1N1CCN(Cc2ccccc2F)C(CCO)C1. The normalized spacial score (nSPS) is 18.3. The monoisotopic (exact) mass is 358 g/mol. The summed E-state index contributed by atoms with van der Waals surface area (Å²) < 4.78 is 14.0. The maximum Gasteiger partial charge on any atom is 0.135 e. The van der Waals surface area contributed by atoms with Crippen molar-refractivity contribution in [2.75, 3.05) is 31.1 Å². The van der Waals surface area contributed by atoms with E-state index in [9.17, 15) is 9.50 Å². The Morgan fingerprint density at radius 3 is 2.77 bits per heavy atom. The molecule has 1 fully saturated rings. The second-order valence-electron chi connectivity index (χ2n) is 6.79. The molecule has 0 bridgehead atoms. The summed E-state index contributed by atoms with van der Waals surface area (Å²) in [5.41, 5.74) is 1.84. The van der Waals surface area contributed by atoms with Crippen LogP contribution in [0.5, 0.6) is 0 Å². The smallest absolute Gasteiger partial charge is 0.135 e. The lowest BCUT2D eigenvalue weighted by Crippen LogP contribution is -2.53. The minimum absolute atomic E-state index is 0.121. The van der Waals surface area contributed by atoms with E-state index in [1.807, 2.05) is 25.3 Å². The molecule has 1 N–H and O–H groups in total. The minimum atomic E-state index is -0.169. The molecule has 5 nitrogen and oxygen atoms in total. The molecule has 1 atom stereocenters. The average Bonchev–Trinajstić information content (AvgIpc) is 2.65. The predicted octanol–water partition coefficient (Wildman–Crippen LogP) is 2.56. The predicted molar refractivity (Wildman–Crippen MR) is 101 cm³/mol. The molecule has 0 spiro atoms. The summed E-state index contributed by atoms with van der Waals surface area (Å²) in [5.74, 6) is 1.59. The van der Waals surface area contributed by atoms with Crippen molar-refractivity contribution >= 4 is 5.82 Å². The van der Waals surface area contributed by atoms with Crippen molar-refractivity contribution in [2.24, 2.45) is 0 Å². The Hall–Kier alpha value is -2.05. The van der Waals surface area contributed by atoms with Crippen LogP contribution in [0.15, 0.2) is 30.5 Å². The fourth-order valence-electron chi connectivity index (χ4n) is 3.57. The van der Waals surface area contributed by atoms with Gasteiger partial charge in [0.15, 0.2) is 0 Å². The molecule has 1 aromatic heterocycles. The zero-order valence-corrected chi connectivity index (χ0v) is 15.5. The van der Waals surface area contributed by atoms with Crippen LogP contribution in [0.1, 0.15) is 30.3 Å². The highest BCUT2D eigenvalue weighted by Gasteiger charge is 2.29. The molecule has 0 amide bonds. The lowest BCUT2D eigenvalue weighted by atomic mass is 10.1. The third-order valence-corrected chi connectivity index (χ3v) is 5.04. The lowest BCUT2D eigenvalue weighted by Gasteiger charge is -2.42. The van der Waals surface area contributed by atoms with Gasteiger partial charge in [0, 0.05) is 56.2 Å². The number of aliphatic hydroxyl groups excluding tert-OH is 1. The molecular weight excluding hydrogens is 331 g/mol. The van der Waals surface area contributed by atoms with E-state index in [1.165, 1.54) is 6.07 Å². The fraction of sp³-hybridized carbons (Fsp3) is 0.500. The zero-order chi connectivity index (χ0) is 18.5. The lowest BCUT2D eigenvalue weighted by molar-refractivity contribution is 0.134. The Balaban J connectivity index is 1.78. The van der Waals surface area contributed by atoms with E-state index in [0.29, 0.717) is 18.5 Å². The van der Waals surface area contributed by atoms with Crippen molar-refractivity contribution in [3.8, 4) is 0 Å². The van der Waals surface area contributed by atoms with Gasteiger partial charge in [-0.2, -0.15) is 0 Å². The standard InChI is InChI=1S/C20H27FN4O/c1-3-16-12-22-15(2)23-20(16)25-10-9-24(18(14-25)8-11-26)13-17-6-4-5-7-19(17)21/h4-7,12,18,26H,3,8-11,13-14H2,1-2H3. The largest absolute Gasteiger partial charge is 0.396 e. The van der Waals surface area contributed by atoms with E-state index >= 15 is 0 Å². The van der Waals surface area contributed by atoms with E-state index in [0.717, 1.165) is 43.3 Å². The van der Waals surface area contributed by atoms with Gasteiger partial charge in [0.25, 0.3) is 0 Å². The van der Waals surface area contributed by atoms with Gasteiger partial charge in [-0.15, -0.1) is 0 Å². The number of hydrogen-bond donors (Lipinski definition) is 1. The first-order valence-corrected chi connectivity index (χ1v) is 9.28. The zero-order valence-electron chi connectivity index (χ0n) is 15.5. The van der Waals surface area contributed by atoms with Crippen molar-refractivity contribution in [1.82, 2.24) is 14.9 Å². The maximum absolute atomic E-state index is 14.0. The highest BCUT2D eigenvalue weighted by atomic mass is 19.1. The van der Waals surface area contributed by atoms with Crippen LogP contribution in [0.3, 0.4) is 0 Å². The van der Waals surface area contributed by atoms with Crippen LogP contribution < -0.4 is 4.90 Å². The van der Waals surface area contributed by atoms with Gasteiger partial charge in [-0.25, -0.2) is 14.4 Å². The topological polar surface area (TPSA) is 52.5 Å². The number of aromatic nitrogens is 2. The molecular formula is C20H27FN4O. The number of piperazine rings is 1. The number of halogens is 1. The van der Waals surface area contributed by atoms with Crippen LogP contribution in [0.25, 0.3) is 0 Å². The van der Waals surface area contributed by atoms with Gasteiger partial charge < -0.3 is 10.0 Å². The van der Waals surface area contributed by atoms with Crippen LogP contribution in [0.4, 0.5) is 10.2 Å². The summed E-state index contributed by atoms with van der Waals surface area (Å²) in [4.78, 5) is 13.5. The first-order valence-electron chi connectivity index (χ1n) is 9.28. The third-order valence-electron chi connectivity index (χ3n) is 5.04. The molecule has 0 saturated carbocycles. The minimum Gasteiger partial charge on any atom is -0.396 e. The average molecular weight is 358 g/mol. The quantitative estimate of drug-likeness (QED) is 0.860. The first-order chi connectivity index (χ1) is 12.6. The molecule has 2 heterocycles. The molecule has 0 radical (unpaired) electrons. The second-order valence-corrected chi connectivity index (χ2v) is 6.79. The second kappa shape index (κ2) is 8.56. The number of benzene rings is 1. The maximum atomic E-state index is 14.0. The van der Waals surface area contributed by atoms with E-state index < -0.39 is 0 Å². The van der Waals surface area contributed by atoms with E-state index in [2.05, 4.69) is 26.7 Å². The third kappa shape index (κ3) is 4.19. The molecule has 0 aliphatic carbocycles. The van der Waals surface area contributed by atoms with Gasteiger partial charge in [-0.1, -0.05) is 25.1 Å². The van der Waals surface area contributed by atoms with Crippen molar-refractivity contribution in [2.45, 2.75) is 39.3 Å². The highest BCUT2D eigenvalue weighted by Crippen LogP contribution is 2.24. The van der Waals surface area contributed by atoms with E-state index in [4.69, 9.17) is 0 Å². The van der Waals surface area contributed by atoms with Gasteiger partial charge in [0.05, 0.1) is 0 Å². The molecule has 2 aromatic rings. The number of hydrogen-bond acceptors (Lipinski definition) is 5. The van der Waals surface area contributed by atoms with Gasteiger partial charge >= 0.3 is 0 Å². The van der Waals surface area contributed by atoms with Crippen molar-refractivity contribution in [3.05, 3.63) is 53.2 Å². The van der Waals surface area contributed by atoms with Crippen LogP contribution in [0.2, 0.25) is 0 Å². The Morgan fingerprint density at radius 1 is 1.23 bits per heavy atom. The van der Waals surface area contributed by atoms with Crippen LogP contribution in [0, 0.1) is 12.7 Å². The molecule has 3 rings (SSSR count). The number of anilines is 1. The fourth-order valence-corrected chi connectivity index (χ4v) is 3.57. The summed E-state index contributed by atoms with van der Waals surface area (Å²) in [5, 5.41) is 9.51. The Bertz CT molecular complexity index is 740. The number of nitrogens with zero attached hydrogens (tertiary/aromatic N) is 4. The van der Waals surface area contributed by atoms with Crippen molar-refractivity contribution < 1.29 is 9.50 Å². The van der Waals surface area contributed by atoms with E-state index in [1.54, 1.807) is 6.07 Å². The van der Waals surface area contributed by atoms with Crippen LogP contribution >= 0.6 is 0 Å². The molecule has 26 heavy (non-hydrogen) atoms. The molecule has 1 aliphatic heterocycles. The molecule has 1 unspecified atom stereocenters. The highest BCUT2D eigenvalue weighted by molar-refractivity contribution is 5.47. The van der Waals surface area contributed by atoms with Gasteiger partial charge in [0.1, 0.15) is 17.5 Å². The molecule has 140 valence electrons. The number of rotatable bonds is 6. The summed E-state index contributed by atoms with van der Waals surface area (Å²) in [7, 11) is 0. The molecule has 1 saturated heterocycles. The summed E-state index contributed by atoms with van der Waals surface area (Å²) >= 11 is 0.